The Morgan fingerprint density at radius 3 is 2.33 bits per heavy atom. The van der Waals surface area contributed by atoms with Crippen LogP contribution >= 0.6 is 0 Å². The van der Waals surface area contributed by atoms with Gasteiger partial charge in [0.1, 0.15) is 5.69 Å². The van der Waals surface area contributed by atoms with E-state index in [1.54, 1.807) is 17.0 Å². The Balaban J connectivity index is 1.58. The largest absolute Gasteiger partial charge is 0.362 e. The van der Waals surface area contributed by atoms with Gasteiger partial charge in [-0.3, -0.25) is 19.7 Å². The van der Waals surface area contributed by atoms with E-state index in [0.717, 1.165) is 18.4 Å². The van der Waals surface area contributed by atoms with Crippen LogP contribution in [0.25, 0.3) is 0 Å². The monoisotopic (exact) mass is 450 g/mol. The number of nitrogens with zero attached hydrogens (tertiary/aromatic N) is 4. The van der Waals surface area contributed by atoms with E-state index in [1.807, 2.05) is 9.80 Å². The first-order valence-electron chi connectivity index (χ1n) is 11.4. The quantitative estimate of drug-likeness (QED) is 0.522. The van der Waals surface area contributed by atoms with Crippen molar-refractivity contribution in [1.29, 1.82) is 0 Å². The van der Waals surface area contributed by atoms with Crippen molar-refractivity contribution < 1.29 is 14.5 Å². The summed E-state index contributed by atoms with van der Waals surface area (Å²) in [6, 6.07) is 11.0. The molecule has 4 rings (SSSR count). The van der Waals surface area contributed by atoms with Gasteiger partial charge in [0.25, 0.3) is 11.6 Å². The third-order valence-corrected chi connectivity index (χ3v) is 6.91. The third-order valence-electron chi connectivity index (χ3n) is 6.91. The molecule has 2 aliphatic rings. The summed E-state index contributed by atoms with van der Waals surface area (Å²) in [7, 11) is 0. The molecule has 2 amide bonds. The molecule has 2 fully saturated rings. The van der Waals surface area contributed by atoms with Crippen molar-refractivity contribution >= 4 is 23.2 Å². The molecule has 1 atom stereocenters. The lowest BCUT2D eigenvalue weighted by molar-refractivity contribution is -0.384. The molecule has 0 saturated carbocycles. The predicted molar refractivity (Wildman–Crippen MR) is 126 cm³/mol. The Morgan fingerprint density at radius 2 is 1.70 bits per heavy atom. The first kappa shape index (κ1) is 22.8. The minimum absolute atomic E-state index is 0.00836. The van der Waals surface area contributed by atoms with Crippen LogP contribution in [0.2, 0.25) is 0 Å². The van der Waals surface area contributed by atoms with Crippen molar-refractivity contribution in [2.45, 2.75) is 39.7 Å². The molecule has 8 nitrogen and oxygen atoms in total. The van der Waals surface area contributed by atoms with Crippen LogP contribution in [0.4, 0.5) is 11.4 Å². The van der Waals surface area contributed by atoms with Gasteiger partial charge in [0.15, 0.2) is 0 Å². The minimum Gasteiger partial charge on any atom is -0.362 e. The summed E-state index contributed by atoms with van der Waals surface area (Å²) in [6.07, 6.45) is 1.79. The zero-order chi connectivity index (χ0) is 23.7. The molecule has 0 bridgehead atoms. The second kappa shape index (κ2) is 9.21. The fourth-order valence-corrected chi connectivity index (χ4v) is 4.83. The van der Waals surface area contributed by atoms with Crippen LogP contribution < -0.4 is 4.90 Å². The number of nitro groups is 1. The number of carbonyl (C=O) groups is 2. The Morgan fingerprint density at radius 1 is 0.970 bits per heavy atom. The van der Waals surface area contributed by atoms with E-state index >= 15 is 0 Å². The van der Waals surface area contributed by atoms with Crippen LogP contribution in [-0.2, 0) is 4.79 Å². The molecular weight excluding hydrogens is 420 g/mol. The number of nitro benzene ring substituents is 1. The van der Waals surface area contributed by atoms with Gasteiger partial charge < -0.3 is 14.7 Å². The summed E-state index contributed by atoms with van der Waals surface area (Å²) in [4.78, 5) is 41.9. The van der Waals surface area contributed by atoms with Crippen LogP contribution in [0.1, 0.15) is 52.9 Å². The fraction of sp³-hybridized carbons (Fsp3) is 0.440. The zero-order valence-corrected chi connectivity index (χ0v) is 19.4. The highest BCUT2D eigenvalue weighted by atomic mass is 16.6. The Bertz CT molecular complexity index is 1090. The number of aryl methyl sites for hydroxylation is 2. The summed E-state index contributed by atoms with van der Waals surface area (Å²) in [6.45, 7) is 8.40. The van der Waals surface area contributed by atoms with E-state index < -0.39 is 4.92 Å². The first-order chi connectivity index (χ1) is 15.8. The maximum atomic E-state index is 13.4. The molecule has 174 valence electrons. The molecule has 2 aliphatic heterocycles. The molecule has 1 unspecified atom stereocenters. The lowest BCUT2D eigenvalue weighted by atomic mass is 9.99. The number of rotatable bonds is 4. The first-order valence-corrected chi connectivity index (χ1v) is 11.4. The topological polar surface area (TPSA) is 87.0 Å². The summed E-state index contributed by atoms with van der Waals surface area (Å²) in [5.41, 5.74) is 4.27. The number of piperazine rings is 1. The third kappa shape index (κ3) is 4.55. The molecule has 2 heterocycles. The van der Waals surface area contributed by atoms with Crippen LogP contribution in [0.5, 0.6) is 0 Å². The van der Waals surface area contributed by atoms with Gasteiger partial charge in [0.2, 0.25) is 5.91 Å². The number of benzene rings is 2. The number of hydrogen-bond acceptors (Lipinski definition) is 5. The maximum absolute atomic E-state index is 13.4. The van der Waals surface area contributed by atoms with Crippen LogP contribution in [-0.4, -0.2) is 59.3 Å². The van der Waals surface area contributed by atoms with Gasteiger partial charge in [0, 0.05) is 51.3 Å². The van der Waals surface area contributed by atoms with Gasteiger partial charge >= 0.3 is 0 Å². The lowest BCUT2D eigenvalue weighted by Crippen LogP contribution is -2.48. The summed E-state index contributed by atoms with van der Waals surface area (Å²) >= 11 is 0. The Kier molecular flexibility index (Phi) is 6.35. The van der Waals surface area contributed by atoms with Crippen molar-refractivity contribution in [3.63, 3.8) is 0 Å². The number of hydrogen-bond donors (Lipinski definition) is 0. The summed E-state index contributed by atoms with van der Waals surface area (Å²) in [5, 5.41) is 11.9. The molecule has 8 heteroatoms. The van der Waals surface area contributed by atoms with Crippen molar-refractivity contribution in [3.8, 4) is 0 Å². The number of likely N-dealkylation sites (tertiary alicyclic amines) is 1. The van der Waals surface area contributed by atoms with Gasteiger partial charge in [-0.15, -0.1) is 0 Å². The smallest absolute Gasteiger partial charge is 0.293 e. The molecule has 0 spiro atoms. The Labute approximate surface area is 193 Å². The van der Waals surface area contributed by atoms with E-state index in [2.05, 4.69) is 32.0 Å². The van der Waals surface area contributed by atoms with Crippen LogP contribution in [0.3, 0.4) is 0 Å². The van der Waals surface area contributed by atoms with Crippen LogP contribution in [0.15, 0.2) is 36.4 Å². The van der Waals surface area contributed by atoms with E-state index in [-0.39, 0.29) is 23.5 Å². The average Bonchev–Trinajstić information content (AvgIpc) is 3.30. The molecule has 2 aromatic rings. The molecule has 0 aromatic heterocycles. The van der Waals surface area contributed by atoms with E-state index in [4.69, 9.17) is 0 Å². The molecular formula is C25H30N4O4. The summed E-state index contributed by atoms with van der Waals surface area (Å²) in [5.74, 6) is -0.166. The van der Waals surface area contributed by atoms with E-state index in [1.165, 1.54) is 24.1 Å². The SMILES string of the molecule is CC(=O)N1CCN(c2ccc(C(=O)N3CCCC3c3ccc(C)c(C)c3)cc2[N+](=O)[O-])CC1. The zero-order valence-electron chi connectivity index (χ0n) is 19.4. The predicted octanol–water partition coefficient (Wildman–Crippen LogP) is 3.86. The molecule has 0 aliphatic carbocycles. The van der Waals surface area contributed by atoms with Crippen molar-refractivity contribution in [2.24, 2.45) is 0 Å². The van der Waals surface area contributed by atoms with Crippen molar-refractivity contribution in [3.05, 3.63) is 68.8 Å². The van der Waals surface area contributed by atoms with Gasteiger partial charge in [0.05, 0.1) is 11.0 Å². The molecule has 2 aromatic carbocycles. The van der Waals surface area contributed by atoms with Gasteiger partial charge in [-0.2, -0.15) is 0 Å². The fourth-order valence-electron chi connectivity index (χ4n) is 4.83. The van der Waals surface area contributed by atoms with Crippen molar-refractivity contribution in [2.75, 3.05) is 37.6 Å². The van der Waals surface area contributed by atoms with Crippen LogP contribution in [0, 0.1) is 24.0 Å². The number of amides is 2. The Hall–Kier alpha value is -3.42. The highest BCUT2D eigenvalue weighted by Gasteiger charge is 2.32. The van der Waals surface area contributed by atoms with Gasteiger partial charge in [-0.05, 0) is 55.5 Å². The normalized spacial score (nSPS) is 18.5. The maximum Gasteiger partial charge on any atom is 0.293 e. The van der Waals surface area contributed by atoms with E-state index in [0.29, 0.717) is 44.0 Å². The number of carbonyl (C=O) groups excluding carboxylic acids is 2. The molecule has 0 radical (unpaired) electrons. The van der Waals surface area contributed by atoms with Gasteiger partial charge in [-0.25, -0.2) is 0 Å². The van der Waals surface area contributed by atoms with E-state index in [9.17, 15) is 19.7 Å². The highest BCUT2D eigenvalue weighted by molar-refractivity contribution is 5.96. The number of anilines is 1. The second-order valence-corrected chi connectivity index (χ2v) is 8.95. The van der Waals surface area contributed by atoms with Crippen molar-refractivity contribution in [1.82, 2.24) is 9.80 Å². The molecule has 2 saturated heterocycles. The molecule has 0 N–H and O–H groups in total. The second-order valence-electron chi connectivity index (χ2n) is 8.95. The minimum atomic E-state index is -0.422. The molecule has 33 heavy (non-hydrogen) atoms. The van der Waals surface area contributed by atoms with Gasteiger partial charge in [-0.1, -0.05) is 18.2 Å². The highest BCUT2D eigenvalue weighted by Crippen LogP contribution is 2.36. The summed E-state index contributed by atoms with van der Waals surface area (Å²) < 4.78 is 0. The standard InChI is InChI=1S/C25H30N4O4/c1-17-6-7-20(15-18(17)2)22-5-4-10-28(22)25(31)21-8-9-23(24(16-21)29(32)33)27-13-11-26(12-14-27)19(3)30/h6-9,15-16,22H,4-5,10-14H2,1-3H3. The average molecular weight is 451 g/mol. The lowest BCUT2D eigenvalue weighted by Gasteiger charge is -2.35.